The molecule has 7 nitrogen and oxygen atoms in total. The number of aromatic nitrogens is 1. The monoisotopic (exact) mass is 525 g/mol. The van der Waals surface area contributed by atoms with Gasteiger partial charge < -0.3 is 18.9 Å². The van der Waals surface area contributed by atoms with Crippen LogP contribution in [0.4, 0.5) is 13.6 Å². The molecule has 1 saturated heterocycles. The molecule has 2 heterocycles. The van der Waals surface area contributed by atoms with Crippen molar-refractivity contribution in [3.8, 4) is 0 Å². The molecule has 1 unspecified atom stereocenters. The Morgan fingerprint density at radius 3 is 2.61 bits per heavy atom. The third-order valence-electron chi connectivity index (χ3n) is 6.90. The standard InChI is InChI=1S/C26H34ClF2N3O4/c1-25(2,3)36-24(34)32-12-13-35-16-18(32)14-31-15-19(22-20(27)6-5-7-21(22)31)23(33)30(4)17-8-10-26(28,29)11-9-17/h5-7,15,17-18H,8-14,16H2,1-4H3. The van der Waals surface area contributed by atoms with Crippen LogP contribution in [-0.4, -0.2) is 76.8 Å². The summed E-state index contributed by atoms with van der Waals surface area (Å²) in [7, 11) is 1.66. The van der Waals surface area contributed by atoms with Crippen molar-refractivity contribution in [1.82, 2.24) is 14.4 Å². The lowest BCUT2D eigenvalue weighted by atomic mass is 9.91. The summed E-state index contributed by atoms with van der Waals surface area (Å²) >= 11 is 6.55. The number of carbonyl (C=O) groups excluding carboxylic acids is 2. The highest BCUT2D eigenvalue weighted by Crippen LogP contribution is 2.36. The first kappa shape index (κ1) is 26.7. The van der Waals surface area contributed by atoms with Gasteiger partial charge in [-0.15, -0.1) is 0 Å². The number of morpholine rings is 1. The van der Waals surface area contributed by atoms with Gasteiger partial charge in [-0.2, -0.15) is 0 Å². The molecule has 4 rings (SSSR count). The van der Waals surface area contributed by atoms with Gasteiger partial charge in [-0.05, 0) is 45.7 Å². The van der Waals surface area contributed by atoms with E-state index in [-0.39, 0.29) is 43.7 Å². The molecule has 0 radical (unpaired) electrons. The van der Waals surface area contributed by atoms with Crippen molar-refractivity contribution in [2.24, 2.45) is 0 Å². The fourth-order valence-corrected chi connectivity index (χ4v) is 5.26. The number of hydrogen-bond acceptors (Lipinski definition) is 4. The number of rotatable bonds is 4. The van der Waals surface area contributed by atoms with E-state index in [1.54, 1.807) is 29.1 Å². The molecule has 1 aliphatic carbocycles. The molecule has 1 atom stereocenters. The molecule has 1 aromatic heterocycles. The first-order valence-electron chi connectivity index (χ1n) is 12.4. The van der Waals surface area contributed by atoms with Gasteiger partial charge >= 0.3 is 6.09 Å². The Morgan fingerprint density at radius 2 is 1.94 bits per heavy atom. The zero-order valence-electron chi connectivity index (χ0n) is 21.2. The average Bonchev–Trinajstić information content (AvgIpc) is 3.17. The maximum Gasteiger partial charge on any atom is 0.410 e. The van der Waals surface area contributed by atoms with Crippen LogP contribution in [0.5, 0.6) is 0 Å². The Morgan fingerprint density at radius 1 is 1.25 bits per heavy atom. The molecule has 1 aliphatic heterocycles. The predicted molar refractivity (Wildman–Crippen MR) is 134 cm³/mol. The van der Waals surface area contributed by atoms with Gasteiger partial charge in [0.05, 0.1) is 35.4 Å². The van der Waals surface area contributed by atoms with Gasteiger partial charge in [0, 0.05) is 50.6 Å². The van der Waals surface area contributed by atoms with Crippen LogP contribution in [0.1, 0.15) is 56.8 Å². The third kappa shape index (κ3) is 5.78. The van der Waals surface area contributed by atoms with E-state index in [4.69, 9.17) is 21.1 Å². The van der Waals surface area contributed by atoms with Crippen LogP contribution in [0, 0.1) is 0 Å². The summed E-state index contributed by atoms with van der Waals surface area (Å²) in [4.78, 5) is 29.7. The molecule has 2 amide bonds. The van der Waals surface area contributed by atoms with Gasteiger partial charge in [-0.1, -0.05) is 17.7 Å². The van der Waals surface area contributed by atoms with Gasteiger partial charge in [0.2, 0.25) is 5.92 Å². The molecule has 2 fully saturated rings. The molecule has 10 heteroatoms. The quantitative estimate of drug-likeness (QED) is 0.522. The maximum atomic E-state index is 13.7. The summed E-state index contributed by atoms with van der Waals surface area (Å²) < 4.78 is 40.5. The summed E-state index contributed by atoms with van der Waals surface area (Å²) in [5, 5.41) is 1.04. The molecule has 1 saturated carbocycles. The fraction of sp³-hybridized carbons (Fsp3) is 0.615. The smallest absolute Gasteiger partial charge is 0.410 e. The van der Waals surface area contributed by atoms with Crippen LogP contribution in [-0.2, 0) is 16.0 Å². The zero-order valence-corrected chi connectivity index (χ0v) is 22.0. The third-order valence-corrected chi connectivity index (χ3v) is 7.22. The lowest BCUT2D eigenvalue weighted by Gasteiger charge is -2.36. The number of alkyl halides is 2. The molecule has 0 spiro atoms. The molecular weight excluding hydrogens is 492 g/mol. The van der Waals surface area contributed by atoms with E-state index in [1.165, 1.54) is 0 Å². The number of carbonyl (C=O) groups is 2. The lowest BCUT2D eigenvalue weighted by molar-refractivity contribution is -0.0490. The second-order valence-corrected chi connectivity index (χ2v) is 11.1. The van der Waals surface area contributed by atoms with Crippen LogP contribution in [0.15, 0.2) is 24.4 Å². The predicted octanol–water partition coefficient (Wildman–Crippen LogP) is 5.58. The topological polar surface area (TPSA) is 64.0 Å². The molecule has 36 heavy (non-hydrogen) atoms. The van der Waals surface area contributed by atoms with Crippen molar-refractivity contribution in [3.05, 3.63) is 35.0 Å². The number of ether oxygens (including phenoxy) is 2. The van der Waals surface area contributed by atoms with E-state index in [0.717, 1.165) is 5.52 Å². The minimum absolute atomic E-state index is 0.222. The highest BCUT2D eigenvalue weighted by molar-refractivity contribution is 6.36. The normalized spacial score (nSPS) is 21.0. The number of halogens is 3. The van der Waals surface area contributed by atoms with Crippen LogP contribution >= 0.6 is 11.6 Å². The van der Waals surface area contributed by atoms with Crippen molar-refractivity contribution in [2.45, 2.75) is 76.6 Å². The maximum absolute atomic E-state index is 13.7. The second-order valence-electron chi connectivity index (χ2n) is 10.7. The highest BCUT2D eigenvalue weighted by Gasteiger charge is 2.38. The lowest BCUT2D eigenvalue weighted by Crippen LogP contribution is -2.51. The van der Waals surface area contributed by atoms with Crippen molar-refractivity contribution in [1.29, 1.82) is 0 Å². The van der Waals surface area contributed by atoms with Crippen LogP contribution in [0.25, 0.3) is 10.9 Å². The fourth-order valence-electron chi connectivity index (χ4n) is 4.98. The minimum atomic E-state index is -2.66. The van der Waals surface area contributed by atoms with Crippen LogP contribution in [0.2, 0.25) is 5.02 Å². The summed E-state index contributed by atoms with van der Waals surface area (Å²) in [6.45, 7) is 7.00. The highest BCUT2D eigenvalue weighted by atomic mass is 35.5. The number of hydrogen-bond donors (Lipinski definition) is 0. The molecule has 0 bridgehead atoms. The molecule has 2 aromatic rings. The molecule has 1 aromatic carbocycles. The first-order chi connectivity index (χ1) is 16.9. The van der Waals surface area contributed by atoms with Crippen LogP contribution in [0.3, 0.4) is 0 Å². The van der Waals surface area contributed by atoms with Gasteiger partial charge in [0.25, 0.3) is 5.91 Å². The number of amides is 2. The van der Waals surface area contributed by atoms with E-state index < -0.39 is 17.6 Å². The van der Waals surface area contributed by atoms with Crippen molar-refractivity contribution in [3.63, 3.8) is 0 Å². The number of fused-ring (bicyclic) bond motifs is 1. The largest absolute Gasteiger partial charge is 0.444 e. The number of nitrogens with zero attached hydrogens (tertiary/aromatic N) is 3. The van der Waals surface area contributed by atoms with Crippen molar-refractivity contribution >= 4 is 34.5 Å². The summed E-state index contributed by atoms with van der Waals surface area (Å²) in [5.41, 5.74) is 0.543. The second kappa shape index (κ2) is 10.2. The van der Waals surface area contributed by atoms with E-state index in [0.29, 0.717) is 42.3 Å². The molecule has 198 valence electrons. The Bertz CT molecular complexity index is 1120. The molecule has 2 aliphatic rings. The zero-order chi connectivity index (χ0) is 26.3. The van der Waals surface area contributed by atoms with Crippen molar-refractivity contribution in [2.75, 3.05) is 26.8 Å². The van der Waals surface area contributed by atoms with E-state index in [1.807, 2.05) is 37.5 Å². The summed E-state index contributed by atoms with van der Waals surface area (Å²) in [6, 6.07) is 4.85. The van der Waals surface area contributed by atoms with E-state index >= 15 is 0 Å². The SMILES string of the molecule is CN(C(=O)c1cn(CC2COCCN2C(=O)OC(C)(C)C)c2cccc(Cl)c12)C1CCC(F)(F)CC1. The van der Waals surface area contributed by atoms with Crippen molar-refractivity contribution < 1.29 is 27.8 Å². The Balaban J connectivity index is 1.61. The van der Waals surface area contributed by atoms with Crippen LogP contribution < -0.4 is 0 Å². The number of benzene rings is 1. The van der Waals surface area contributed by atoms with E-state index in [2.05, 4.69) is 0 Å². The summed E-state index contributed by atoms with van der Waals surface area (Å²) in [6.07, 6.45) is 1.40. The van der Waals surface area contributed by atoms with Gasteiger partial charge in [-0.3, -0.25) is 9.69 Å². The van der Waals surface area contributed by atoms with Gasteiger partial charge in [0.1, 0.15) is 5.60 Å². The van der Waals surface area contributed by atoms with Gasteiger partial charge in [0.15, 0.2) is 0 Å². The Kier molecular flexibility index (Phi) is 7.53. The summed E-state index contributed by atoms with van der Waals surface area (Å²) in [5.74, 6) is -2.92. The first-order valence-corrected chi connectivity index (χ1v) is 12.7. The Hall–Kier alpha value is -2.39. The van der Waals surface area contributed by atoms with Gasteiger partial charge in [-0.25, -0.2) is 13.6 Å². The molecule has 0 N–H and O–H groups in total. The average molecular weight is 526 g/mol. The molecular formula is C26H34ClF2N3O4. The minimum Gasteiger partial charge on any atom is -0.444 e. The Labute approximate surface area is 215 Å². The van der Waals surface area contributed by atoms with E-state index in [9.17, 15) is 18.4 Å².